The van der Waals surface area contributed by atoms with Crippen molar-refractivity contribution in [2.24, 2.45) is 0 Å². The summed E-state index contributed by atoms with van der Waals surface area (Å²) in [6.45, 7) is 21.5. The Bertz CT molecular complexity index is 1760. The molecule has 1 aliphatic carbocycles. The SMILES string of the molecule is CC1CC(C)(c2ccc(-c3ccc(B4OC(C)(C)C(C)(C)O4)cc3)cc2)c2ccc(-c3ccc(B4OC(C)(C)C(C)(C)O4)cc3)cc21. The second-order valence-electron chi connectivity index (χ2n) is 16.2. The van der Waals surface area contributed by atoms with Gasteiger partial charge in [-0.2, -0.15) is 0 Å². The van der Waals surface area contributed by atoms with Crippen LogP contribution in [0.2, 0.25) is 0 Å². The fourth-order valence-electron chi connectivity index (χ4n) is 7.41. The van der Waals surface area contributed by atoms with E-state index >= 15 is 0 Å². The third-order valence-corrected chi connectivity index (χ3v) is 12.0. The maximum Gasteiger partial charge on any atom is 0.494 e. The summed E-state index contributed by atoms with van der Waals surface area (Å²) in [5.41, 5.74) is 9.79. The largest absolute Gasteiger partial charge is 0.494 e. The maximum absolute atomic E-state index is 6.27. The molecule has 0 spiro atoms. The molecule has 0 amide bonds. The predicted octanol–water partition coefficient (Wildman–Crippen LogP) is 8.43. The van der Waals surface area contributed by atoms with E-state index in [0.29, 0.717) is 5.92 Å². The second kappa shape index (κ2) is 10.9. The van der Waals surface area contributed by atoms with Crippen LogP contribution in [0.4, 0.5) is 0 Å². The molecule has 2 heterocycles. The molecule has 242 valence electrons. The molecule has 0 aromatic heterocycles. The maximum atomic E-state index is 6.27. The molecule has 0 N–H and O–H groups in total. The lowest BCUT2D eigenvalue weighted by Crippen LogP contribution is -2.41. The first-order valence-electron chi connectivity index (χ1n) is 17.2. The molecule has 7 rings (SSSR count). The minimum Gasteiger partial charge on any atom is -0.399 e. The van der Waals surface area contributed by atoms with Gasteiger partial charge in [-0.15, -0.1) is 0 Å². The van der Waals surface area contributed by atoms with Crippen LogP contribution < -0.4 is 10.9 Å². The van der Waals surface area contributed by atoms with E-state index in [0.717, 1.165) is 17.3 Å². The summed E-state index contributed by atoms with van der Waals surface area (Å²) in [5, 5.41) is 0. The number of fused-ring (bicyclic) bond motifs is 1. The van der Waals surface area contributed by atoms with Crippen molar-refractivity contribution in [1.29, 1.82) is 0 Å². The van der Waals surface area contributed by atoms with Crippen LogP contribution in [0, 0.1) is 0 Å². The standard InChI is InChI=1S/C41H48B2O4/c1-27-26-41(10,32-18-11-28(12-19-32)29-13-20-33(21-14-29)42-44-37(2,3)38(4,5)45-42)36-24-17-31(25-35(27)36)30-15-22-34(23-16-30)43-46-39(6,7)40(8,9)47-43/h11-25,27H,26H2,1-10H3. The average Bonchev–Trinajstić information content (AvgIpc) is 3.52. The van der Waals surface area contributed by atoms with E-state index in [1.54, 1.807) is 0 Å². The fourth-order valence-corrected chi connectivity index (χ4v) is 7.41. The number of hydrogen-bond acceptors (Lipinski definition) is 4. The highest BCUT2D eigenvalue weighted by molar-refractivity contribution is 6.62. The molecule has 4 nitrogen and oxygen atoms in total. The highest BCUT2D eigenvalue weighted by atomic mass is 16.7. The van der Waals surface area contributed by atoms with Crippen molar-refractivity contribution in [2.75, 3.05) is 0 Å². The van der Waals surface area contributed by atoms with Crippen molar-refractivity contribution >= 4 is 25.2 Å². The molecule has 0 bridgehead atoms. The van der Waals surface area contributed by atoms with Gasteiger partial charge >= 0.3 is 14.2 Å². The lowest BCUT2D eigenvalue weighted by Gasteiger charge is -2.32. The average molecular weight is 626 g/mol. The van der Waals surface area contributed by atoms with Crippen molar-refractivity contribution in [2.45, 2.75) is 109 Å². The molecule has 4 aromatic carbocycles. The molecule has 2 atom stereocenters. The summed E-state index contributed by atoms with van der Waals surface area (Å²) in [7, 11) is -0.691. The van der Waals surface area contributed by atoms with E-state index in [-0.39, 0.29) is 42.1 Å². The van der Waals surface area contributed by atoms with Crippen molar-refractivity contribution in [3.63, 3.8) is 0 Å². The molecule has 2 aliphatic heterocycles. The lowest BCUT2D eigenvalue weighted by molar-refractivity contribution is 0.00578. The van der Waals surface area contributed by atoms with Crippen LogP contribution in [0.5, 0.6) is 0 Å². The van der Waals surface area contributed by atoms with E-state index in [4.69, 9.17) is 18.6 Å². The topological polar surface area (TPSA) is 36.9 Å². The van der Waals surface area contributed by atoms with E-state index in [9.17, 15) is 0 Å². The van der Waals surface area contributed by atoms with Crippen LogP contribution in [0.1, 0.15) is 98.3 Å². The fraction of sp³-hybridized carbons (Fsp3) is 0.415. The normalized spacial score (nSPS) is 25.3. The zero-order valence-electron chi connectivity index (χ0n) is 29.7. The third kappa shape index (κ3) is 5.42. The van der Waals surface area contributed by atoms with Crippen molar-refractivity contribution in [1.82, 2.24) is 0 Å². The van der Waals surface area contributed by atoms with Gasteiger partial charge in [0.05, 0.1) is 22.4 Å². The first kappa shape index (κ1) is 32.4. The Kier molecular flexibility index (Phi) is 7.54. The lowest BCUT2D eigenvalue weighted by atomic mass is 9.76. The Hall–Kier alpha value is -3.15. The number of benzene rings is 4. The summed E-state index contributed by atoms with van der Waals surface area (Å²) in [5.74, 6) is 0.473. The van der Waals surface area contributed by atoms with E-state index in [1.165, 1.54) is 38.9 Å². The van der Waals surface area contributed by atoms with Gasteiger partial charge in [0.25, 0.3) is 0 Å². The van der Waals surface area contributed by atoms with Crippen LogP contribution in [-0.2, 0) is 24.0 Å². The van der Waals surface area contributed by atoms with Gasteiger partial charge in [0.2, 0.25) is 0 Å². The number of hydrogen-bond donors (Lipinski definition) is 0. The van der Waals surface area contributed by atoms with Crippen LogP contribution in [-0.4, -0.2) is 36.6 Å². The van der Waals surface area contributed by atoms with E-state index in [2.05, 4.69) is 160 Å². The first-order valence-corrected chi connectivity index (χ1v) is 17.2. The summed E-state index contributed by atoms with van der Waals surface area (Å²) in [4.78, 5) is 0. The Morgan fingerprint density at radius 2 is 0.851 bits per heavy atom. The first-order chi connectivity index (χ1) is 22.0. The summed E-state index contributed by atoms with van der Waals surface area (Å²) in [6, 6.07) is 33.5. The molecule has 4 aromatic rings. The van der Waals surface area contributed by atoms with Crippen LogP contribution in [0.15, 0.2) is 91.0 Å². The van der Waals surface area contributed by atoms with Crippen molar-refractivity contribution in [3.05, 3.63) is 108 Å². The molecule has 0 saturated carbocycles. The Balaban J connectivity index is 1.08. The molecular formula is C41H48B2O4. The van der Waals surface area contributed by atoms with Crippen LogP contribution >= 0.6 is 0 Å². The van der Waals surface area contributed by atoms with Crippen molar-refractivity contribution < 1.29 is 18.6 Å². The zero-order chi connectivity index (χ0) is 33.6. The van der Waals surface area contributed by atoms with Crippen LogP contribution in [0.25, 0.3) is 22.3 Å². The number of rotatable bonds is 5. The molecule has 2 saturated heterocycles. The van der Waals surface area contributed by atoms with Gasteiger partial charge in [-0.05, 0) is 118 Å². The smallest absolute Gasteiger partial charge is 0.399 e. The van der Waals surface area contributed by atoms with E-state index < -0.39 is 0 Å². The molecule has 47 heavy (non-hydrogen) atoms. The predicted molar refractivity (Wildman–Crippen MR) is 195 cm³/mol. The minimum atomic E-state index is -0.346. The van der Waals surface area contributed by atoms with Gasteiger partial charge in [0, 0.05) is 5.41 Å². The monoisotopic (exact) mass is 626 g/mol. The molecular weight excluding hydrogens is 578 g/mol. The highest BCUT2D eigenvalue weighted by Crippen LogP contribution is 2.51. The second-order valence-corrected chi connectivity index (χ2v) is 16.2. The summed E-state index contributed by atoms with van der Waals surface area (Å²) in [6.07, 6.45) is 1.09. The van der Waals surface area contributed by atoms with Gasteiger partial charge < -0.3 is 18.6 Å². The highest BCUT2D eigenvalue weighted by Gasteiger charge is 2.52. The van der Waals surface area contributed by atoms with Gasteiger partial charge in [0.1, 0.15) is 0 Å². The summed E-state index contributed by atoms with van der Waals surface area (Å²) >= 11 is 0. The Morgan fingerprint density at radius 1 is 0.489 bits per heavy atom. The van der Waals surface area contributed by atoms with Gasteiger partial charge in [0.15, 0.2) is 0 Å². The minimum absolute atomic E-state index is 0.0347. The van der Waals surface area contributed by atoms with Crippen molar-refractivity contribution in [3.8, 4) is 22.3 Å². The zero-order valence-corrected chi connectivity index (χ0v) is 29.7. The van der Waals surface area contributed by atoms with Gasteiger partial charge in [-0.1, -0.05) is 105 Å². The van der Waals surface area contributed by atoms with Gasteiger partial charge in [-0.3, -0.25) is 0 Å². The van der Waals surface area contributed by atoms with Gasteiger partial charge in [-0.25, -0.2) is 0 Å². The quantitative estimate of drug-likeness (QED) is 0.209. The Morgan fingerprint density at radius 3 is 1.28 bits per heavy atom. The molecule has 2 unspecified atom stereocenters. The molecule has 2 fully saturated rings. The van der Waals surface area contributed by atoms with E-state index in [1.807, 2.05) is 0 Å². The summed E-state index contributed by atoms with van der Waals surface area (Å²) < 4.78 is 25.1. The third-order valence-electron chi connectivity index (χ3n) is 12.0. The molecule has 6 heteroatoms. The Labute approximate surface area is 282 Å². The molecule has 3 aliphatic rings. The molecule has 0 radical (unpaired) electrons. The van der Waals surface area contributed by atoms with Crippen LogP contribution in [0.3, 0.4) is 0 Å².